The van der Waals surface area contributed by atoms with Crippen LogP contribution < -0.4 is 15.5 Å². The molecule has 32 heavy (non-hydrogen) atoms. The maximum absolute atomic E-state index is 10.4. The van der Waals surface area contributed by atoms with Crippen LogP contribution in [0.1, 0.15) is 32.3 Å². The molecule has 1 atom stereocenters. The number of allylic oxidation sites excluding steroid dienone is 3. The van der Waals surface area contributed by atoms with Crippen molar-refractivity contribution in [1.82, 2.24) is 0 Å². The number of benzene rings is 2. The van der Waals surface area contributed by atoms with Crippen molar-refractivity contribution in [1.29, 1.82) is 0 Å². The van der Waals surface area contributed by atoms with E-state index in [0.29, 0.717) is 5.56 Å². The molecule has 2 aromatic rings. The van der Waals surface area contributed by atoms with Crippen molar-refractivity contribution in [2.45, 2.75) is 39.2 Å². The van der Waals surface area contributed by atoms with Gasteiger partial charge in [-0.2, -0.15) is 0 Å². The Hall–Kier alpha value is -3.45. The van der Waals surface area contributed by atoms with Crippen LogP contribution in [0, 0.1) is 0 Å². The number of carboxylic acid groups (broad SMARTS) is 1. The summed E-state index contributed by atoms with van der Waals surface area (Å²) in [6, 6.07) is 11.8. The highest BCUT2D eigenvalue weighted by molar-refractivity contribution is 5.80. The molecule has 0 aromatic heterocycles. The molecule has 0 fully saturated rings. The minimum atomic E-state index is -1.10. The topological polar surface area (TPSA) is 110 Å². The number of fused-ring (bicyclic) bond motifs is 1. The van der Waals surface area contributed by atoms with E-state index < -0.39 is 12.0 Å². The first-order chi connectivity index (χ1) is 15.4. The summed E-state index contributed by atoms with van der Waals surface area (Å²) in [6.07, 6.45) is 7.02. The lowest BCUT2D eigenvalue weighted by Gasteiger charge is -2.41. The number of phenolic OH excluding ortho intramolecular Hbond substituents is 2. The quantitative estimate of drug-likeness (QED) is 0.524. The summed E-state index contributed by atoms with van der Waals surface area (Å²) in [6.45, 7) is 6.53. The zero-order valence-corrected chi connectivity index (χ0v) is 18.5. The molecule has 1 heterocycles. The van der Waals surface area contributed by atoms with Crippen LogP contribution in [0.4, 0.5) is 11.4 Å². The van der Waals surface area contributed by atoms with Gasteiger partial charge in [-0.05, 0) is 69.0 Å². The summed E-state index contributed by atoms with van der Waals surface area (Å²) < 4.78 is 0. The van der Waals surface area contributed by atoms with Gasteiger partial charge < -0.3 is 30.9 Å². The van der Waals surface area contributed by atoms with E-state index in [0.717, 1.165) is 25.9 Å². The second-order valence-corrected chi connectivity index (χ2v) is 7.72. The SMILES string of the molecule is CCN1C2=C(CCC=C2)N(CC)c2ccccc21.N[C@@H](Cc1ccc(O)c(O)c1)C(=O)O. The lowest BCUT2D eigenvalue weighted by molar-refractivity contribution is -0.138. The second kappa shape index (κ2) is 10.2. The molecule has 7 nitrogen and oxygen atoms in total. The maximum Gasteiger partial charge on any atom is 0.320 e. The predicted octanol–water partition coefficient (Wildman–Crippen LogP) is 3.97. The molecule has 0 saturated carbocycles. The number of likely N-dealkylation sites (N-methyl/N-ethyl adjacent to an activating group) is 1. The Morgan fingerprint density at radius 3 is 2.28 bits per heavy atom. The Bertz CT molecular complexity index is 1030. The largest absolute Gasteiger partial charge is 0.504 e. The van der Waals surface area contributed by atoms with Crippen molar-refractivity contribution in [2.24, 2.45) is 5.73 Å². The third kappa shape index (κ3) is 4.89. The van der Waals surface area contributed by atoms with Crippen LogP contribution in [0.25, 0.3) is 0 Å². The molecule has 1 aliphatic carbocycles. The fourth-order valence-electron chi connectivity index (χ4n) is 4.09. The molecule has 4 rings (SSSR count). The van der Waals surface area contributed by atoms with Crippen molar-refractivity contribution < 1.29 is 20.1 Å². The zero-order chi connectivity index (χ0) is 23.3. The monoisotopic (exact) mass is 437 g/mol. The van der Waals surface area contributed by atoms with E-state index >= 15 is 0 Å². The lowest BCUT2D eigenvalue weighted by atomic mass is 10.0. The Labute approximate surface area is 188 Å². The van der Waals surface area contributed by atoms with E-state index in [1.165, 1.54) is 41.0 Å². The van der Waals surface area contributed by atoms with Crippen molar-refractivity contribution >= 4 is 17.3 Å². The van der Waals surface area contributed by atoms with Crippen LogP contribution in [0.5, 0.6) is 11.5 Å². The van der Waals surface area contributed by atoms with Crippen LogP contribution in [-0.4, -0.2) is 40.4 Å². The van der Waals surface area contributed by atoms with E-state index in [2.05, 4.69) is 60.1 Å². The summed E-state index contributed by atoms with van der Waals surface area (Å²) in [5.74, 6) is -1.62. The third-order valence-electron chi connectivity index (χ3n) is 5.64. The number of nitrogens with two attached hydrogens (primary N) is 1. The molecule has 2 aromatic carbocycles. The Morgan fingerprint density at radius 1 is 1.03 bits per heavy atom. The molecular weight excluding hydrogens is 406 g/mol. The first kappa shape index (κ1) is 23.2. The van der Waals surface area contributed by atoms with Gasteiger partial charge in [0.15, 0.2) is 11.5 Å². The summed E-state index contributed by atoms with van der Waals surface area (Å²) in [5.41, 5.74) is 11.4. The van der Waals surface area contributed by atoms with Crippen molar-refractivity contribution in [3.63, 3.8) is 0 Å². The van der Waals surface area contributed by atoms with Crippen molar-refractivity contribution in [3.05, 3.63) is 71.6 Å². The number of carboxylic acids is 1. The number of carbonyl (C=O) groups is 1. The number of para-hydroxylation sites is 2. The smallest absolute Gasteiger partial charge is 0.320 e. The molecule has 0 unspecified atom stereocenters. The molecule has 170 valence electrons. The van der Waals surface area contributed by atoms with Gasteiger partial charge in [0.1, 0.15) is 6.04 Å². The molecular formula is C25H31N3O4. The molecule has 1 aliphatic heterocycles. The average Bonchev–Trinajstić information content (AvgIpc) is 2.80. The lowest BCUT2D eigenvalue weighted by Crippen LogP contribution is -2.36. The maximum atomic E-state index is 10.4. The summed E-state index contributed by atoms with van der Waals surface area (Å²) >= 11 is 0. The summed E-state index contributed by atoms with van der Waals surface area (Å²) in [4.78, 5) is 15.3. The summed E-state index contributed by atoms with van der Waals surface area (Å²) in [7, 11) is 0. The zero-order valence-electron chi connectivity index (χ0n) is 18.5. The van der Waals surface area contributed by atoms with E-state index in [1.54, 1.807) is 0 Å². The predicted molar refractivity (Wildman–Crippen MR) is 127 cm³/mol. The second-order valence-electron chi connectivity index (χ2n) is 7.72. The minimum absolute atomic E-state index is 0.114. The van der Waals surface area contributed by atoms with Crippen molar-refractivity contribution in [2.75, 3.05) is 22.9 Å². The number of nitrogens with zero attached hydrogens (tertiary/aromatic N) is 2. The molecule has 0 spiro atoms. The number of anilines is 2. The van der Waals surface area contributed by atoms with Gasteiger partial charge in [-0.1, -0.05) is 24.3 Å². The van der Waals surface area contributed by atoms with Crippen LogP contribution in [0.15, 0.2) is 66.0 Å². The van der Waals surface area contributed by atoms with Gasteiger partial charge in [0.05, 0.1) is 17.1 Å². The van der Waals surface area contributed by atoms with E-state index in [4.69, 9.17) is 21.1 Å². The highest BCUT2D eigenvalue weighted by Crippen LogP contribution is 2.42. The third-order valence-corrected chi connectivity index (χ3v) is 5.64. The molecule has 7 heteroatoms. The fraction of sp³-hybridized carbons (Fsp3) is 0.320. The minimum Gasteiger partial charge on any atom is -0.504 e. The Morgan fingerprint density at radius 2 is 1.69 bits per heavy atom. The van der Waals surface area contributed by atoms with Crippen LogP contribution in [-0.2, 0) is 11.2 Å². The molecule has 0 bridgehead atoms. The van der Waals surface area contributed by atoms with Gasteiger partial charge in [0, 0.05) is 18.8 Å². The number of rotatable bonds is 5. The van der Waals surface area contributed by atoms with Crippen LogP contribution >= 0.6 is 0 Å². The molecule has 0 amide bonds. The number of hydrogen-bond acceptors (Lipinski definition) is 6. The van der Waals surface area contributed by atoms with Crippen LogP contribution in [0.2, 0.25) is 0 Å². The molecule has 5 N–H and O–H groups in total. The number of hydrogen-bond donors (Lipinski definition) is 4. The molecule has 0 saturated heterocycles. The highest BCUT2D eigenvalue weighted by Gasteiger charge is 2.28. The first-order valence-corrected chi connectivity index (χ1v) is 10.9. The number of aliphatic carboxylic acids is 1. The van der Waals surface area contributed by atoms with Gasteiger partial charge >= 0.3 is 5.97 Å². The fourth-order valence-corrected chi connectivity index (χ4v) is 4.09. The van der Waals surface area contributed by atoms with E-state index in [-0.39, 0.29) is 17.9 Å². The van der Waals surface area contributed by atoms with Gasteiger partial charge in [-0.25, -0.2) is 0 Å². The summed E-state index contributed by atoms with van der Waals surface area (Å²) in [5, 5.41) is 26.6. The van der Waals surface area contributed by atoms with E-state index in [9.17, 15) is 4.79 Å². The molecule has 0 radical (unpaired) electrons. The van der Waals surface area contributed by atoms with Gasteiger partial charge in [-0.15, -0.1) is 0 Å². The van der Waals surface area contributed by atoms with Crippen LogP contribution in [0.3, 0.4) is 0 Å². The normalized spacial score (nSPS) is 15.5. The van der Waals surface area contributed by atoms with Gasteiger partial charge in [0.2, 0.25) is 0 Å². The Kier molecular flexibility index (Phi) is 7.43. The number of phenols is 2. The molecule has 2 aliphatic rings. The van der Waals surface area contributed by atoms with Gasteiger partial charge in [-0.3, -0.25) is 4.79 Å². The average molecular weight is 438 g/mol. The van der Waals surface area contributed by atoms with E-state index in [1.807, 2.05) is 0 Å². The highest BCUT2D eigenvalue weighted by atomic mass is 16.4. The number of aromatic hydroxyl groups is 2. The first-order valence-electron chi connectivity index (χ1n) is 10.9. The standard InChI is InChI=1S/C16H20N2.C9H11NO4/c1-3-17-13-9-5-7-11-15(13)18(4-2)16-12-8-6-10-14(16)17;10-6(9(13)14)3-5-1-2-7(11)8(12)4-5/h5-7,9-11H,3-4,8,12H2,1-2H3;1-2,4,6,11-12H,3,10H2,(H,13,14)/t;6-/m.0/s1. The van der Waals surface area contributed by atoms with Crippen molar-refractivity contribution in [3.8, 4) is 11.5 Å². The Balaban J connectivity index is 0.000000188. The van der Waals surface area contributed by atoms with Gasteiger partial charge in [0.25, 0.3) is 0 Å².